The fourth-order valence-corrected chi connectivity index (χ4v) is 3.87. The first-order valence-corrected chi connectivity index (χ1v) is 10.5. The molecule has 0 unspecified atom stereocenters. The minimum atomic E-state index is -0.0273. The van der Waals surface area contributed by atoms with E-state index in [1.54, 1.807) is 0 Å². The van der Waals surface area contributed by atoms with Gasteiger partial charge in [-0.05, 0) is 43.2 Å². The van der Waals surface area contributed by atoms with E-state index in [0.717, 1.165) is 62.2 Å². The van der Waals surface area contributed by atoms with Crippen molar-refractivity contribution in [1.29, 1.82) is 0 Å². The Bertz CT molecular complexity index is 800. The molecule has 2 aromatic rings. The van der Waals surface area contributed by atoms with Gasteiger partial charge >= 0.3 is 0 Å². The van der Waals surface area contributed by atoms with Crippen molar-refractivity contribution in [2.75, 3.05) is 61.1 Å². The summed E-state index contributed by atoms with van der Waals surface area (Å²) in [6.07, 6.45) is 2.71. The molecule has 2 fully saturated rings. The zero-order valence-electron chi connectivity index (χ0n) is 16.8. The number of morpholine rings is 1. The summed E-state index contributed by atoms with van der Waals surface area (Å²) in [4.78, 5) is 17.3. The normalized spacial score (nSPS) is 16.7. The third kappa shape index (κ3) is 5.21. The summed E-state index contributed by atoms with van der Waals surface area (Å²) >= 11 is 0. The van der Waals surface area contributed by atoms with Crippen LogP contribution in [0.5, 0.6) is 5.75 Å². The summed E-state index contributed by atoms with van der Waals surface area (Å²) < 4.78 is 11.1. The van der Waals surface area contributed by atoms with Crippen LogP contribution in [0.3, 0.4) is 0 Å². The lowest BCUT2D eigenvalue weighted by atomic mass is 10.2. The second-order valence-corrected chi connectivity index (χ2v) is 7.45. The van der Waals surface area contributed by atoms with E-state index in [0.29, 0.717) is 13.0 Å². The van der Waals surface area contributed by atoms with Crippen molar-refractivity contribution in [1.82, 2.24) is 0 Å². The summed E-state index contributed by atoms with van der Waals surface area (Å²) in [6, 6.07) is 16.0. The van der Waals surface area contributed by atoms with Gasteiger partial charge < -0.3 is 24.6 Å². The average Bonchev–Trinajstić information content (AvgIpc) is 3.30. The van der Waals surface area contributed by atoms with E-state index in [1.165, 1.54) is 12.8 Å². The van der Waals surface area contributed by atoms with Gasteiger partial charge in [-0.3, -0.25) is 4.79 Å². The van der Waals surface area contributed by atoms with Crippen molar-refractivity contribution >= 4 is 23.0 Å². The zero-order valence-corrected chi connectivity index (χ0v) is 16.8. The second-order valence-electron chi connectivity index (χ2n) is 7.45. The van der Waals surface area contributed by atoms with Crippen LogP contribution in [-0.4, -0.2) is 51.9 Å². The molecule has 2 aliphatic heterocycles. The Balaban J connectivity index is 1.43. The number of ether oxygens (including phenoxy) is 2. The molecule has 0 spiro atoms. The molecule has 0 saturated carbocycles. The number of rotatable bonds is 7. The predicted molar refractivity (Wildman–Crippen MR) is 116 cm³/mol. The maximum Gasteiger partial charge on any atom is 0.227 e. The summed E-state index contributed by atoms with van der Waals surface area (Å²) in [7, 11) is 0. The maximum absolute atomic E-state index is 12.6. The van der Waals surface area contributed by atoms with Gasteiger partial charge in [-0.2, -0.15) is 0 Å². The first-order chi connectivity index (χ1) is 14.3. The number of nitrogens with one attached hydrogen (secondary N) is 1. The summed E-state index contributed by atoms with van der Waals surface area (Å²) in [5.41, 5.74) is 3.13. The Kier molecular flexibility index (Phi) is 6.52. The van der Waals surface area contributed by atoms with E-state index in [1.807, 2.05) is 30.3 Å². The minimum absolute atomic E-state index is 0.0273. The Labute approximate surface area is 172 Å². The highest BCUT2D eigenvalue weighted by atomic mass is 16.5. The lowest BCUT2D eigenvalue weighted by Crippen LogP contribution is -2.36. The van der Waals surface area contributed by atoms with Crippen LogP contribution < -0.4 is 19.9 Å². The summed E-state index contributed by atoms with van der Waals surface area (Å²) in [6.45, 7) is 5.67. The Morgan fingerprint density at radius 3 is 2.48 bits per heavy atom. The zero-order chi connectivity index (χ0) is 19.9. The van der Waals surface area contributed by atoms with Crippen molar-refractivity contribution < 1.29 is 14.3 Å². The van der Waals surface area contributed by atoms with Crippen molar-refractivity contribution in [2.24, 2.45) is 0 Å². The first kappa shape index (κ1) is 19.6. The Hall–Kier alpha value is -2.73. The van der Waals surface area contributed by atoms with E-state index in [-0.39, 0.29) is 5.91 Å². The quantitative estimate of drug-likeness (QED) is 0.777. The molecule has 2 saturated heterocycles. The van der Waals surface area contributed by atoms with E-state index in [2.05, 4.69) is 33.3 Å². The van der Waals surface area contributed by atoms with Gasteiger partial charge in [0.1, 0.15) is 5.75 Å². The molecule has 2 aromatic carbocycles. The van der Waals surface area contributed by atoms with Crippen LogP contribution in [0.2, 0.25) is 0 Å². The number of hydrogen-bond acceptors (Lipinski definition) is 5. The molecule has 0 aliphatic carbocycles. The lowest BCUT2D eigenvalue weighted by Gasteiger charge is -2.30. The molecule has 2 heterocycles. The highest BCUT2D eigenvalue weighted by molar-refractivity contribution is 5.95. The van der Waals surface area contributed by atoms with Gasteiger partial charge in [0.15, 0.2) is 0 Å². The van der Waals surface area contributed by atoms with Crippen molar-refractivity contribution in [3.63, 3.8) is 0 Å². The van der Waals surface area contributed by atoms with Crippen molar-refractivity contribution in [3.8, 4) is 5.75 Å². The number of nitrogens with zero attached hydrogens (tertiary/aromatic N) is 2. The molecule has 0 radical (unpaired) electrons. The van der Waals surface area contributed by atoms with Crippen LogP contribution in [0.4, 0.5) is 17.1 Å². The molecule has 2 aliphatic rings. The van der Waals surface area contributed by atoms with Crippen molar-refractivity contribution in [3.05, 3.63) is 48.5 Å². The number of carbonyl (C=O) groups is 1. The molecule has 154 valence electrons. The minimum Gasteiger partial charge on any atom is -0.493 e. The van der Waals surface area contributed by atoms with Gasteiger partial charge in [0.2, 0.25) is 5.91 Å². The summed E-state index contributed by atoms with van der Waals surface area (Å²) in [5, 5.41) is 3.13. The number of para-hydroxylation sites is 1. The largest absolute Gasteiger partial charge is 0.493 e. The third-order valence-electron chi connectivity index (χ3n) is 5.42. The van der Waals surface area contributed by atoms with Crippen LogP contribution >= 0.6 is 0 Å². The molecule has 0 aromatic heterocycles. The molecular weight excluding hydrogens is 366 g/mol. The third-order valence-corrected chi connectivity index (χ3v) is 5.42. The van der Waals surface area contributed by atoms with Gasteiger partial charge in [0.05, 0.1) is 37.6 Å². The molecule has 4 rings (SSSR count). The topological polar surface area (TPSA) is 54.0 Å². The average molecular weight is 396 g/mol. The monoisotopic (exact) mass is 395 g/mol. The number of benzene rings is 2. The van der Waals surface area contributed by atoms with E-state index in [4.69, 9.17) is 9.47 Å². The van der Waals surface area contributed by atoms with Crippen LogP contribution in [0.15, 0.2) is 48.5 Å². The number of amides is 1. The standard InChI is InChI=1S/C23H29N3O3/c27-23(10-15-29-20-6-2-1-3-7-20)24-21-18-19(25-13-16-28-17-14-25)8-9-22(21)26-11-4-5-12-26/h1-3,6-9,18H,4-5,10-17H2,(H,24,27). The fraction of sp³-hybridized carbons (Fsp3) is 0.435. The number of hydrogen-bond donors (Lipinski definition) is 1. The molecular formula is C23H29N3O3. The van der Waals surface area contributed by atoms with E-state index in [9.17, 15) is 4.79 Å². The molecule has 1 amide bonds. The molecule has 0 atom stereocenters. The van der Waals surface area contributed by atoms with Crippen molar-refractivity contribution in [2.45, 2.75) is 19.3 Å². The van der Waals surface area contributed by atoms with Gasteiger partial charge in [0.25, 0.3) is 0 Å². The Morgan fingerprint density at radius 1 is 0.966 bits per heavy atom. The second kappa shape index (κ2) is 9.65. The van der Waals surface area contributed by atoms with Crippen LogP contribution in [0.25, 0.3) is 0 Å². The predicted octanol–water partition coefficient (Wildman–Crippen LogP) is 3.53. The van der Waals surface area contributed by atoms with Gasteiger partial charge in [0, 0.05) is 31.9 Å². The van der Waals surface area contributed by atoms with E-state index < -0.39 is 0 Å². The maximum atomic E-state index is 12.6. The SMILES string of the molecule is O=C(CCOc1ccccc1)Nc1cc(N2CCOCC2)ccc1N1CCCC1. The van der Waals surface area contributed by atoms with Gasteiger partial charge in [-0.25, -0.2) is 0 Å². The molecule has 1 N–H and O–H groups in total. The van der Waals surface area contributed by atoms with E-state index >= 15 is 0 Å². The van der Waals surface area contributed by atoms with Crippen LogP contribution in [0.1, 0.15) is 19.3 Å². The highest BCUT2D eigenvalue weighted by Crippen LogP contribution is 2.33. The number of anilines is 3. The van der Waals surface area contributed by atoms with Gasteiger partial charge in [-0.15, -0.1) is 0 Å². The van der Waals surface area contributed by atoms with Crippen LogP contribution in [-0.2, 0) is 9.53 Å². The smallest absolute Gasteiger partial charge is 0.227 e. The van der Waals surface area contributed by atoms with Crippen LogP contribution in [0, 0.1) is 0 Å². The highest BCUT2D eigenvalue weighted by Gasteiger charge is 2.19. The summed E-state index contributed by atoms with van der Waals surface area (Å²) in [5.74, 6) is 0.757. The molecule has 29 heavy (non-hydrogen) atoms. The molecule has 6 nitrogen and oxygen atoms in total. The Morgan fingerprint density at radius 2 is 1.72 bits per heavy atom. The fourth-order valence-electron chi connectivity index (χ4n) is 3.87. The van der Waals surface area contributed by atoms with Gasteiger partial charge in [-0.1, -0.05) is 18.2 Å². The number of carbonyl (C=O) groups excluding carboxylic acids is 1. The molecule has 6 heteroatoms. The first-order valence-electron chi connectivity index (χ1n) is 10.5. The lowest BCUT2D eigenvalue weighted by molar-refractivity contribution is -0.116. The molecule has 0 bridgehead atoms.